The lowest BCUT2D eigenvalue weighted by Crippen LogP contribution is -2.29. The van der Waals surface area contributed by atoms with E-state index in [4.69, 9.17) is 5.73 Å². The molecule has 3 N–H and O–H groups in total. The number of rotatable bonds is 5. The molecule has 0 radical (unpaired) electrons. The first kappa shape index (κ1) is 16.1. The molecule has 8 nitrogen and oxygen atoms in total. The Bertz CT molecular complexity index is 724. The van der Waals surface area contributed by atoms with Crippen molar-refractivity contribution in [3.63, 3.8) is 0 Å². The van der Waals surface area contributed by atoms with Crippen molar-refractivity contribution in [3.05, 3.63) is 52.2 Å². The molecule has 1 fully saturated rings. The first-order valence-electron chi connectivity index (χ1n) is 7.82. The third-order valence-electron chi connectivity index (χ3n) is 4.25. The van der Waals surface area contributed by atoms with E-state index in [1.807, 2.05) is 18.2 Å². The summed E-state index contributed by atoms with van der Waals surface area (Å²) in [5.74, 6) is 0.620. The Kier molecular flexibility index (Phi) is 4.57. The fraction of sp³-hybridized carbons (Fsp3) is 0.375. The smallest absolute Gasteiger partial charge is 0.329 e. The second-order valence-corrected chi connectivity index (χ2v) is 6.13. The van der Waals surface area contributed by atoms with Crippen molar-refractivity contribution in [1.29, 1.82) is 0 Å². The molecule has 0 saturated carbocycles. The molecular formula is C16H20N6O2. The first-order valence-corrected chi connectivity index (χ1v) is 7.82. The number of likely N-dealkylation sites (tertiary alicyclic amines) is 1. The van der Waals surface area contributed by atoms with Gasteiger partial charge in [-0.15, -0.1) is 0 Å². The van der Waals surface area contributed by atoms with Crippen molar-refractivity contribution in [2.45, 2.75) is 19.5 Å². The van der Waals surface area contributed by atoms with Crippen LogP contribution in [0, 0.1) is 16.0 Å². The van der Waals surface area contributed by atoms with E-state index in [0.29, 0.717) is 11.9 Å². The maximum absolute atomic E-state index is 10.8. The van der Waals surface area contributed by atoms with Crippen LogP contribution < -0.4 is 11.1 Å². The van der Waals surface area contributed by atoms with Gasteiger partial charge in [-0.3, -0.25) is 15.0 Å². The summed E-state index contributed by atoms with van der Waals surface area (Å²) in [6, 6.07) is 10.5. The minimum absolute atomic E-state index is 0.121. The Morgan fingerprint density at radius 3 is 2.79 bits per heavy atom. The van der Waals surface area contributed by atoms with Crippen LogP contribution in [0.4, 0.5) is 17.5 Å². The highest BCUT2D eigenvalue weighted by atomic mass is 16.6. The number of nitrogens with two attached hydrogens (primary N) is 1. The molecule has 1 aliphatic heterocycles. The zero-order valence-corrected chi connectivity index (χ0v) is 13.4. The first-order chi connectivity index (χ1) is 11.5. The molecule has 2 aromatic rings. The van der Waals surface area contributed by atoms with Crippen LogP contribution in [0.25, 0.3) is 0 Å². The average Bonchev–Trinajstić information content (AvgIpc) is 2.87. The normalized spacial score (nSPS) is 20.9. The van der Waals surface area contributed by atoms with Crippen molar-refractivity contribution in [3.8, 4) is 0 Å². The molecule has 1 aromatic heterocycles. The molecule has 0 bridgehead atoms. The van der Waals surface area contributed by atoms with E-state index < -0.39 is 4.92 Å². The second-order valence-electron chi connectivity index (χ2n) is 6.13. The summed E-state index contributed by atoms with van der Waals surface area (Å²) in [6.45, 7) is 4.88. The van der Waals surface area contributed by atoms with E-state index >= 15 is 0 Å². The molecule has 2 atom stereocenters. The van der Waals surface area contributed by atoms with Crippen LogP contribution in [0.1, 0.15) is 12.5 Å². The molecule has 1 aliphatic rings. The van der Waals surface area contributed by atoms with Crippen molar-refractivity contribution >= 4 is 17.5 Å². The number of anilines is 2. The number of nitrogens with one attached hydrogen (secondary N) is 1. The van der Waals surface area contributed by atoms with Crippen LogP contribution in [0.15, 0.2) is 36.5 Å². The molecule has 2 heterocycles. The molecular weight excluding hydrogens is 308 g/mol. The summed E-state index contributed by atoms with van der Waals surface area (Å²) < 4.78 is 0. The van der Waals surface area contributed by atoms with Crippen LogP contribution >= 0.6 is 0 Å². The fourth-order valence-electron chi connectivity index (χ4n) is 2.99. The number of nitro groups is 1. The predicted molar refractivity (Wildman–Crippen MR) is 91.4 cm³/mol. The van der Waals surface area contributed by atoms with Crippen molar-refractivity contribution in [2.75, 3.05) is 24.1 Å². The molecule has 126 valence electrons. The van der Waals surface area contributed by atoms with E-state index in [1.165, 1.54) is 5.56 Å². The number of hydrogen-bond acceptors (Lipinski definition) is 7. The Hall–Kier alpha value is -2.74. The lowest BCUT2D eigenvalue weighted by atomic mass is 10.1. The zero-order valence-electron chi connectivity index (χ0n) is 13.4. The summed E-state index contributed by atoms with van der Waals surface area (Å²) in [5.41, 5.74) is 6.62. The lowest BCUT2D eigenvalue weighted by Gasteiger charge is -2.17. The highest BCUT2D eigenvalue weighted by molar-refractivity contribution is 5.53. The minimum Gasteiger partial charge on any atom is -0.378 e. The summed E-state index contributed by atoms with van der Waals surface area (Å²) >= 11 is 0. The second kappa shape index (κ2) is 6.79. The number of nitrogen functional groups attached to an aromatic ring is 1. The quantitative estimate of drug-likeness (QED) is 0.637. The van der Waals surface area contributed by atoms with E-state index in [2.05, 4.69) is 39.2 Å². The molecule has 24 heavy (non-hydrogen) atoms. The minimum atomic E-state index is -0.584. The highest BCUT2D eigenvalue weighted by Crippen LogP contribution is 2.23. The lowest BCUT2D eigenvalue weighted by molar-refractivity contribution is -0.384. The third kappa shape index (κ3) is 3.60. The van der Waals surface area contributed by atoms with Gasteiger partial charge in [0.15, 0.2) is 0 Å². The maximum Gasteiger partial charge on any atom is 0.329 e. The number of nitrogens with zero attached hydrogens (tertiary/aromatic N) is 4. The fourth-order valence-corrected chi connectivity index (χ4v) is 2.99. The van der Waals surface area contributed by atoms with Gasteiger partial charge in [0.05, 0.1) is 4.92 Å². The van der Waals surface area contributed by atoms with Gasteiger partial charge in [0, 0.05) is 25.7 Å². The molecule has 0 spiro atoms. The SMILES string of the molecule is CC1CN(Cc2ccccc2)CC1Nc1ncc([N+](=O)[O-])c(N)n1. The van der Waals surface area contributed by atoms with Crippen molar-refractivity contribution < 1.29 is 4.92 Å². The van der Waals surface area contributed by atoms with Crippen molar-refractivity contribution in [1.82, 2.24) is 14.9 Å². The summed E-state index contributed by atoms with van der Waals surface area (Å²) in [5, 5.41) is 14.0. The van der Waals surface area contributed by atoms with Gasteiger partial charge in [-0.05, 0) is 11.5 Å². The predicted octanol–water partition coefficient (Wildman–Crippen LogP) is 1.90. The summed E-state index contributed by atoms with van der Waals surface area (Å²) in [7, 11) is 0. The van der Waals surface area contributed by atoms with Gasteiger partial charge in [0.2, 0.25) is 11.8 Å². The van der Waals surface area contributed by atoms with E-state index in [-0.39, 0.29) is 17.5 Å². The van der Waals surface area contributed by atoms with Crippen LogP contribution in [0.2, 0.25) is 0 Å². The van der Waals surface area contributed by atoms with Gasteiger partial charge in [-0.1, -0.05) is 37.3 Å². The maximum atomic E-state index is 10.8. The number of hydrogen-bond donors (Lipinski definition) is 2. The standard InChI is InChI=1S/C16H20N6O2/c1-11-8-21(9-12-5-3-2-4-6-12)10-13(11)19-16-18-7-14(22(23)24)15(17)20-16/h2-7,11,13H,8-10H2,1H3,(H3,17,18,19,20). The van der Waals surface area contributed by atoms with Crippen LogP contribution in [0.3, 0.4) is 0 Å². The average molecular weight is 328 g/mol. The van der Waals surface area contributed by atoms with Crippen LogP contribution in [0.5, 0.6) is 0 Å². The molecule has 1 saturated heterocycles. The van der Waals surface area contributed by atoms with Gasteiger partial charge >= 0.3 is 5.69 Å². The van der Waals surface area contributed by atoms with Gasteiger partial charge in [-0.25, -0.2) is 4.98 Å². The largest absolute Gasteiger partial charge is 0.378 e. The van der Waals surface area contributed by atoms with E-state index in [1.54, 1.807) is 0 Å². The Balaban J connectivity index is 1.63. The topological polar surface area (TPSA) is 110 Å². The molecule has 0 aliphatic carbocycles. The van der Waals surface area contributed by atoms with Crippen molar-refractivity contribution in [2.24, 2.45) is 5.92 Å². The van der Waals surface area contributed by atoms with Crippen LogP contribution in [-0.4, -0.2) is 38.9 Å². The van der Waals surface area contributed by atoms with Gasteiger partial charge in [0.25, 0.3) is 0 Å². The van der Waals surface area contributed by atoms with Gasteiger partial charge in [-0.2, -0.15) is 4.98 Å². The molecule has 1 aromatic carbocycles. The Morgan fingerprint density at radius 2 is 2.12 bits per heavy atom. The van der Waals surface area contributed by atoms with Gasteiger partial charge < -0.3 is 11.1 Å². The Labute approximate surface area is 139 Å². The molecule has 3 rings (SSSR count). The molecule has 0 amide bonds. The summed E-state index contributed by atoms with van der Waals surface area (Å²) in [4.78, 5) is 20.5. The van der Waals surface area contributed by atoms with Crippen LogP contribution in [-0.2, 0) is 6.54 Å². The number of aromatic nitrogens is 2. The van der Waals surface area contributed by atoms with E-state index in [0.717, 1.165) is 25.8 Å². The van der Waals surface area contributed by atoms with Gasteiger partial charge in [0.1, 0.15) is 6.20 Å². The Morgan fingerprint density at radius 1 is 1.38 bits per heavy atom. The molecule has 8 heteroatoms. The van der Waals surface area contributed by atoms with E-state index in [9.17, 15) is 10.1 Å². The summed E-state index contributed by atoms with van der Waals surface area (Å²) in [6.07, 6.45) is 1.14. The molecule has 2 unspecified atom stereocenters. The third-order valence-corrected chi connectivity index (χ3v) is 4.25. The zero-order chi connectivity index (χ0) is 17.1. The highest BCUT2D eigenvalue weighted by Gasteiger charge is 2.30. The number of benzene rings is 1. The monoisotopic (exact) mass is 328 g/mol.